The molecule has 2 aromatic carbocycles. The summed E-state index contributed by atoms with van der Waals surface area (Å²) in [5, 5.41) is 0. The number of carbonyl (C=O) groups is 1. The molecular weight excluding hydrogens is 363 g/mol. The van der Waals surface area contributed by atoms with Crippen molar-refractivity contribution in [3.63, 3.8) is 0 Å². The van der Waals surface area contributed by atoms with Gasteiger partial charge in [-0.15, -0.1) is 0 Å². The Balaban J connectivity index is 1.96. The average molecular weight is 384 g/mol. The second kappa shape index (κ2) is 8.71. The molecule has 3 rings (SSSR count). The molecule has 0 aromatic heterocycles. The van der Waals surface area contributed by atoms with Gasteiger partial charge in [0.2, 0.25) is 5.75 Å². The van der Waals surface area contributed by atoms with Crippen LogP contribution in [0.5, 0.6) is 17.2 Å². The van der Waals surface area contributed by atoms with E-state index in [0.717, 1.165) is 0 Å². The molecule has 1 fully saturated rings. The minimum absolute atomic E-state index is 0.139. The van der Waals surface area contributed by atoms with Crippen LogP contribution in [0.1, 0.15) is 11.1 Å². The minimum Gasteiger partial charge on any atom is -0.493 e. The number of rotatable bonds is 5. The van der Waals surface area contributed by atoms with Gasteiger partial charge in [0.25, 0.3) is 0 Å². The first-order chi connectivity index (χ1) is 13.6. The zero-order valence-corrected chi connectivity index (χ0v) is 16.0. The first kappa shape index (κ1) is 19.6. The zero-order chi connectivity index (χ0) is 20.1. The third kappa shape index (κ3) is 4.07. The number of ether oxygens (including phenoxy) is 4. The van der Waals surface area contributed by atoms with Crippen molar-refractivity contribution in [3.05, 3.63) is 64.5 Å². The summed E-state index contributed by atoms with van der Waals surface area (Å²) in [6.45, 7) is 0.309. The maximum atomic E-state index is 13.9. The molecule has 0 radical (unpaired) electrons. The molecule has 1 heterocycles. The molecule has 0 atom stereocenters. The first-order valence-electron chi connectivity index (χ1n) is 8.65. The van der Waals surface area contributed by atoms with Crippen molar-refractivity contribution in [2.45, 2.75) is 0 Å². The van der Waals surface area contributed by atoms with E-state index in [2.05, 4.69) is 0 Å². The highest BCUT2D eigenvalue weighted by Crippen LogP contribution is 2.39. The largest absolute Gasteiger partial charge is 0.493 e. The maximum absolute atomic E-state index is 13.9. The Hall–Kier alpha value is -3.12. The van der Waals surface area contributed by atoms with E-state index in [4.69, 9.17) is 18.9 Å². The standard InChI is InChI=1S/C22H21FO5/c1-25-19-9-14(10-20(26-2)22(19)27-3)8-16-12-28-13-17(21(16)24)11-15-6-4-5-7-18(15)23/h4-11H,12-13H2,1-3H3/b16-8+,17-11+. The van der Waals surface area contributed by atoms with Crippen LogP contribution in [0.4, 0.5) is 4.39 Å². The topological polar surface area (TPSA) is 54.0 Å². The second-order valence-electron chi connectivity index (χ2n) is 6.14. The van der Waals surface area contributed by atoms with E-state index in [9.17, 15) is 9.18 Å². The summed E-state index contributed by atoms with van der Waals surface area (Å²) in [6, 6.07) is 9.79. The van der Waals surface area contributed by atoms with Crippen LogP contribution < -0.4 is 14.2 Å². The summed E-state index contributed by atoms with van der Waals surface area (Å²) in [6.07, 6.45) is 3.24. The van der Waals surface area contributed by atoms with Gasteiger partial charge in [-0.2, -0.15) is 0 Å². The molecule has 0 bridgehead atoms. The van der Waals surface area contributed by atoms with Crippen LogP contribution in [0.2, 0.25) is 0 Å². The molecule has 1 aliphatic heterocycles. The van der Waals surface area contributed by atoms with Crippen LogP contribution in [0.3, 0.4) is 0 Å². The highest BCUT2D eigenvalue weighted by Gasteiger charge is 2.22. The zero-order valence-electron chi connectivity index (χ0n) is 16.0. The molecule has 5 nitrogen and oxygen atoms in total. The smallest absolute Gasteiger partial charge is 0.203 e. The fourth-order valence-corrected chi connectivity index (χ4v) is 2.99. The molecule has 0 N–H and O–H groups in total. The fourth-order valence-electron chi connectivity index (χ4n) is 2.99. The molecule has 2 aromatic rings. The molecule has 0 saturated carbocycles. The molecule has 0 amide bonds. The number of hydrogen-bond acceptors (Lipinski definition) is 5. The number of ketones is 1. The lowest BCUT2D eigenvalue weighted by Crippen LogP contribution is -2.22. The van der Waals surface area contributed by atoms with Crippen molar-refractivity contribution in [1.29, 1.82) is 0 Å². The van der Waals surface area contributed by atoms with Crippen LogP contribution in [-0.4, -0.2) is 40.3 Å². The minimum atomic E-state index is -0.386. The van der Waals surface area contributed by atoms with Crippen molar-refractivity contribution >= 4 is 17.9 Å². The van der Waals surface area contributed by atoms with Crippen LogP contribution in [0.15, 0.2) is 47.5 Å². The highest BCUT2D eigenvalue weighted by atomic mass is 19.1. The van der Waals surface area contributed by atoms with Crippen LogP contribution in [0, 0.1) is 5.82 Å². The van der Waals surface area contributed by atoms with Gasteiger partial charge in [-0.25, -0.2) is 4.39 Å². The van der Waals surface area contributed by atoms with E-state index in [1.807, 2.05) is 0 Å². The predicted octanol–water partition coefficient (Wildman–Crippen LogP) is 3.92. The van der Waals surface area contributed by atoms with Crippen LogP contribution in [0.25, 0.3) is 12.2 Å². The molecule has 0 unspecified atom stereocenters. The van der Waals surface area contributed by atoms with Gasteiger partial charge in [-0.3, -0.25) is 4.79 Å². The van der Waals surface area contributed by atoms with Crippen LogP contribution in [-0.2, 0) is 9.53 Å². The number of Topliss-reactive ketones (excluding diaryl/α,β-unsaturated/α-hetero) is 1. The Morgan fingerprint density at radius 3 is 2.11 bits per heavy atom. The van der Waals surface area contributed by atoms with Crippen molar-refractivity contribution in [2.75, 3.05) is 34.5 Å². The molecule has 28 heavy (non-hydrogen) atoms. The van der Waals surface area contributed by atoms with E-state index in [-0.39, 0.29) is 24.8 Å². The Morgan fingerprint density at radius 1 is 0.929 bits per heavy atom. The summed E-state index contributed by atoms with van der Waals surface area (Å²) >= 11 is 0. The van der Waals surface area contributed by atoms with Gasteiger partial charge in [0.1, 0.15) is 5.82 Å². The van der Waals surface area contributed by atoms with Crippen molar-refractivity contribution in [1.82, 2.24) is 0 Å². The molecule has 1 saturated heterocycles. The summed E-state index contributed by atoms with van der Waals surface area (Å²) in [4.78, 5) is 12.9. The van der Waals surface area contributed by atoms with Gasteiger partial charge >= 0.3 is 0 Å². The quantitative estimate of drug-likeness (QED) is 0.732. The van der Waals surface area contributed by atoms with Crippen LogP contribution >= 0.6 is 0 Å². The van der Waals surface area contributed by atoms with E-state index >= 15 is 0 Å². The van der Waals surface area contributed by atoms with Crippen molar-refractivity contribution in [3.8, 4) is 17.2 Å². The lowest BCUT2D eigenvalue weighted by molar-refractivity contribution is -0.114. The molecule has 0 aliphatic carbocycles. The first-order valence-corrected chi connectivity index (χ1v) is 8.65. The van der Waals surface area contributed by atoms with Gasteiger partial charge in [-0.1, -0.05) is 18.2 Å². The van der Waals surface area contributed by atoms with E-state index in [0.29, 0.717) is 39.5 Å². The number of methoxy groups -OCH3 is 3. The third-order valence-corrected chi connectivity index (χ3v) is 4.36. The predicted molar refractivity (Wildman–Crippen MR) is 104 cm³/mol. The Morgan fingerprint density at radius 2 is 1.54 bits per heavy atom. The fraction of sp³-hybridized carbons (Fsp3) is 0.227. The van der Waals surface area contributed by atoms with Crippen molar-refractivity contribution < 1.29 is 28.1 Å². The lowest BCUT2D eigenvalue weighted by Gasteiger charge is -2.18. The number of carbonyl (C=O) groups excluding carboxylic acids is 1. The van der Waals surface area contributed by atoms with E-state index < -0.39 is 0 Å². The number of benzene rings is 2. The van der Waals surface area contributed by atoms with Gasteiger partial charge in [0.15, 0.2) is 17.3 Å². The lowest BCUT2D eigenvalue weighted by atomic mass is 9.97. The van der Waals surface area contributed by atoms with E-state index in [1.165, 1.54) is 33.5 Å². The molecule has 0 spiro atoms. The van der Waals surface area contributed by atoms with Gasteiger partial charge in [0.05, 0.1) is 34.5 Å². The second-order valence-corrected chi connectivity index (χ2v) is 6.14. The van der Waals surface area contributed by atoms with E-state index in [1.54, 1.807) is 36.4 Å². The average Bonchev–Trinajstić information content (AvgIpc) is 2.71. The van der Waals surface area contributed by atoms with Gasteiger partial charge in [0, 0.05) is 16.7 Å². The third-order valence-electron chi connectivity index (χ3n) is 4.36. The Bertz CT molecular complexity index is 921. The summed E-state index contributed by atoms with van der Waals surface area (Å²) < 4.78 is 35.4. The maximum Gasteiger partial charge on any atom is 0.203 e. The van der Waals surface area contributed by atoms with Gasteiger partial charge < -0.3 is 18.9 Å². The normalized spacial score (nSPS) is 17.1. The Labute approximate surface area is 163 Å². The molecule has 146 valence electrons. The summed E-state index contributed by atoms with van der Waals surface area (Å²) in [5.74, 6) is 0.880. The Kier molecular flexibility index (Phi) is 6.11. The highest BCUT2D eigenvalue weighted by molar-refractivity contribution is 6.14. The number of hydrogen-bond donors (Lipinski definition) is 0. The SMILES string of the molecule is COc1cc(/C=C2\COC/C(=C\c3ccccc3F)C2=O)cc(OC)c1OC. The van der Waals surface area contributed by atoms with Crippen molar-refractivity contribution in [2.24, 2.45) is 0 Å². The van der Waals surface area contributed by atoms with Gasteiger partial charge in [-0.05, 0) is 35.9 Å². The molecule has 1 aliphatic rings. The molecular formula is C22H21FO5. The summed E-state index contributed by atoms with van der Waals surface area (Å²) in [5.41, 5.74) is 1.91. The summed E-state index contributed by atoms with van der Waals surface area (Å²) in [7, 11) is 4.58. The monoisotopic (exact) mass is 384 g/mol. The molecule has 6 heteroatoms. The number of halogens is 1.